The Hall–Kier alpha value is -1.60. The molecule has 0 heterocycles. The zero-order valence-corrected chi connectivity index (χ0v) is 10.0. The lowest BCUT2D eigenvalue weighted by Gasteiger charge is -2.16. The van der Waals surface area contributed by atoms with Crippen LogP contribution in [0.4, 0.5) is 0 Å². The molecule has 0 saturated heterocycles. The average molecular weight is 225 g/mol. The Morgan fingerprint density at radius 1 is 0.824 bits per heavy atom. The summed E-state index contributed by atoms with van der Waals surface area (Å²) < 4.78 is 0. The third-order valence-electron chi connectivity index (χ3n) is 3.11. The van der Waals surface area contributed by atoms with Crippen LogP contribution in [0.15, 0.2) is 60.7 Å². The van der Waals surface area contributed by atoms with Gasteiger partial charge in [0.15, 0.2) is 0 Å². The molecule has 1 atom stereocenters. The molecule has 2 N–H and O–H groups in total. The van der Waals surface area contributed by atoms with Crippen molar-refractivity contribution in [3.05, 3.63) is 71.8 Å². The second kappa shape index (κ2) is 6.21. The van der Waals surface area contributed by atoms with E-state index in [-0.39, 0.29) is 0 Å². The molecule has 0 aliphatic rings. The summed E-state index contributed by atoms with van der Waals surface area (Å²) in [6, 6.07) is 21.3. The number of hydrogen-bond acceptors (Lipinski definition) is 1. The molecule has 0 fully saturated rings. The minimum absolute atomic E-state index is 0.531. The number of nitrogens with two attached hydrogens (primary N) is 1. The molecule has 0 bridgehead atoms. The van der Waals surface area contributed by atoms with Crippen molar-refractivity contribution in [2.75, 3.05) is 6.54 Å². The Morgan fingerprint density at radius 2 is 1.41 bits per heavy atom. The summed E-state index contributed by atoms with van der Waals surface area (Å²) in [6.07, 6.45) is 2.11. The Labute approximate surface area is 103 Å². The van der Waals surface area contributed by atoms with Crippen LogP contribution < -0.4 is 5.73 Å². The van der Waals surface area contributed by atoms with Crippen LogP contribution in [0.1, 0.15) is 23.5 Å². The van der Waals surface area contributed by atoms with E-state index < -0.39 is 0 Å². The van der Waals surface area contributed by atoms with E-state index in [1.54, 1.807) is 0 Å². The summed E-state index contributed by atoms with van der Waals surface area (Å²) in [4.78, 5) is 0. The fraction of sp³-hybridized carbons (Fsp3) is 0.250. The van der Waals surface area contributed by atoms with Gasteiger partial charge in [-0.2, -0.15) is 0 Å². The SMILES string of the molecule is NCC[C@@H](Cc1ccccc1)c1ccccc1. The smallest absolute Gasteiger partial charge is 0.00713 e. The zero-order valence-electron chi connectivity index (χ0n) is 10.0. The Balaban J connectivity index is 2.13. The van der Waals surface area contributed by atoms with E-state index in [4.69, 9.17) is 5.73 Å². The van der Waals surface area contributed by atoms with Crippen LogP contribution in [0.2, 0.25) is 0 Å². The highest BCUT2D eigenvalue weighted by molar-refractivity contribution is 5.24. The zero-order chi connectivity index (χ0) is 11.9. The highest BCUT2D eigenvalue weighted by Gasteiger charge is 2.10. The lowest BCUT2D eigenvalue weighted by atomic mass is 9.89. The molecule has 0 saturated carbocycles. The van der Waals surface area contributed by atoms with Crippen molar-refractivity contribution in [3.63, 3.8) is 0 Å². The summed E-state index contributed by atoms with van der Waals surface area (Å²) >= 11 is 0. The van der Waals surface area contributed by atoms with E-state index in [1.807, 2.05) is 0 Å². The van der Waals surface area contributed by atoms with E-state index in [9.17, 15) is 0 Å². The third kappa shape index (κ3) is 3.43. The molecule has 2 aromatic carbocycles. The predicted molar refractivity (Wildman–Crippen MR) is 73.0 cm³/mol. The van der Waals surface area contributed by atoms with Crippen molar-refractivity contribution in [2.45, 2.75) is 18.8 Å². The number of benzene rings is 2. The normalized spacial score (nSPS) is 12.3. The highest BCUT2D eigenvalue weighted by Crippen LogP contribution is 2.23. The monoisotopic (exact) mass is 225 g/mol. The van der Waals surface area contributed by atoms with Gasteiger partial charge < -0.3 is 5.73 Å². The van der Waals surface area contributed by atoms with Gasteiger partial charge >= 0.3 is 0 Å². The summed E-state index contributed by atoms with van der Waals surface area (Å²) in [7, 11) is 0. The van der Waals surface area contributed by atoms with Crippen molar-refractivity contribution >= 4 is 0 Å². The van der Waals surface area contributed by atoms with Gasteiger partial charge in [-0.05, 0) is 36.4 Å². The van der Waals surface area contributed by atoms with Gasteiger partial charge in [-0.15, -0.1) is 0 Å². The molecule has 0 aliphatic carbocycles. The number of rotatable bonds is 5. The quantitative estimate of drug-likeness (QED) is 0.829. The molecular formula is C16H19N. The lowest BCUT2D eigenvalue weighted by molar-refractivity contribution is 0.630. The second-order valence-corrected chi connectivity index (χ2v) is 4.37. The summed E-state index contributed by atoms with van der Waals surface area (Å²) in [5.74, 6) is 0.531. The van der Waals surface area contributed by atoms with Gasteiger partial charge in [-0.25, -0.2) is 0 Å². The molecule has 1 heteroatoms. The first-order chi connectivity index (χ1) is 8.40. The Kier molecular flexibility index (Phi) is 4.34. The average Bonchev–Trinajstić information content (AvgIpc) is 2.40. The van der Waals surface area contributed by atoms with Crippen molar-refractivity contribution in [1.82, 2.24) is 0 Å². The fourth-order valence-electron chi connectivity index (χ4n) is 2.21. The third-order valence-corrected chi connectivity index (χ3v) is 3.11. The lowest BCUT2D eigenvalue weighted by Crippen LogP contribution is -2.09. The molecule has 0 unspecified atom stereocenters. The molecule has 88 valence electrons. The summed E-state index contributed by atoms with van der Waals surface area (Å²) in [5.41, 5.74) is 8.50. The first kappa shape index (κ1) is 11.9. The van der Waals surface area contributed by atoms with Crippen LogP contribution in [0.5, 0.6) is 0 Å². The predicted octanol–water partition coefficient (Wildman–Crippen LogP) is 3.36. The first-order valence-electron chi connectivity index (χ1n) is 6.19. The fourth-order valence-corrected chi connectivity index (χ4v) is 2.21. The van der Waals surface area contributed by atoms with Crippen LogP contribution in [-0.2, 0) is 6.42 Å². The highest BCUT2D eigenvalue weighted by atomic mass is 14.5. The van der Waals surface area contributed by atoms with Gasteiger partial charge in [-0.3, -0.25) is 0 Å². The van der Waals surface area contributed by atoms with Crippen molar-refractivity contribution in [2.24, 2.45) is 5.73 Å². The van der Waals surface area contributed by atoms with Gasteiger partial charge in [0.2, 0.25) is 0 Å². The summed E-state index contributed by atoms with van der Waals surface area (Å²) in [6.45, 7) is 0.742. The first-order valence-corrected chi connectivity index (χ1v) is 6.19. The molecule has 1 nitrogen and oxygen atoms in total. The summed E-state index contributed by atoms with van der Waals surface area (Å²) in [5, 5.41) is 0. The molecule has 0 amide bonds. The molecule has 0 aromatic heterocycles. The maximum absolute atomic E-state index is 5.72. The van der Waals surface area contributed by atoms with E-state index in [1.165, 1.54) is 11.1 Å². The molecule has 2 aromatic rings. The minimum atomic E-state index is 0.531. The molecule has 17 heavy (non-hydrogen) atoms. The molecule has 2 rings (SSSR count). The Morgan fingerprint density at radius 3 is 2.00 bits per heavy atom. The minimum Gasteiger partial charge on any atom is -0.330 e. The van der Waals surface area contributed by atoms with Crippen LogP contribution in [0, 0.1) is 0 Å². The topological polar surface area (TPSA) is 26.0 Å². The largest absolute Gasteiger partial charge is 0.330 e. The van der Waals surface area contributed by atoms with E-state index in [0.29, 0.717) is 5.92 Å². The van der Waals surface area contributed by atoms with Gasteiger partial charge in [-0.1, -0.05) is 60.7 Å². The Bertz CT molecular complexity index is 422. The molecule has 0 spiro atoms. The maximum atomic E-state index is 5.72. The van der Waals surface area contributed by atoms with Crippen LogP contribution in [-0.4, -0.2) is 6.54 Å². The van der Waals surface area contributed by atoms with Crippen molar-refractivity contribution in [3.8, 4) is 0 Å². The number of hydrogen-bond donors (Lipinski definition) is 1. The van der Waals surface area contributed by atoms with Gasteiger partial charge in [0, 0.05) is 0 Å². The molecular weight excluding hydrogens is 206 g/mol. The standard InChI is InChI=1S/C16H19N/c17-12-11-16(15-9-5-2-6-10-15)13-14-7-3-1-4-8-14/h1-10,16H,11-13,17H2/t16-/m0/s1. The second-order valence-electron chi connectivity index (χ2n) is 4.37. The molecule has 0 aliphatic heterocycles. The van der Waals surface area contributed by atoms with Crippen molar-refractivity contribution in [1.29, 1.82) is 0 Å². The van der Waals surface area contributed by atoms with Gasteiger partial charge in [0.1, 0.15) is 0 Å². The van der Waals surface area contributed by atoms with Crippen LogP contribution in [0.3, 0.4) is 0 Å². The van der Waals surface area contributed by atoms with Crippen LogP contribution >= 0.6 is 0 Å². The van der Waals surface area contributed by atoms with E-state index in [2.05, 4.69) is 60.7 Å². The van der Waals surface area contributed by atoms with Gasteiger partial charge in [0.05, 0.1) is 0 Å². The van der Waals surface area contributed by atoms with Crippen molar-refractivity contribution < 1.29 is 0 Å². The molecule has 0 radical (unpaired) electrons. The maximum Gasteiger partial charge on any atom is -0.00713 e. The van der Waals surface area contributed by atoms with Gasteiger partial charge in [0.25, 0.3) is 0 Å². The van der Waals surface area contributed by atoms with Crippen LogP contribution in [0.25, 0.3) is 0 Å². The van der Waals surface area contributed by atoms with E-state index in [0.717, 1.165) is 19.4 Å². The van der Waals surface area contributed by atoms with E-state index >= 15 is 0 Å².